The van der Waals surface area contributed by atoms with E-state index in [0.717, 1.165) is 21.8 Å². The number of rotatable bonds is 2. The molecule has 92 valence electrons. The van der Waals surface area contributed by atoms with Gasteiger partial charge in [0.25, 0.3) is 0 Å². The fraction of sp³-hybridized carbons (Fsp3) is 0.0769. The van der Waals surface area contributed by atoms with Crippen LogP contribution in [-0.4, -0.2) is 8.76 Å². The van der Waals surface area contributed by atoms with Gasteiger partial charge in [-0.2, -0.15) is 0 Å². The van der Waals surface area contributed by atoms with E-state index in [2.05, 4.69) is 11.4 Å². The lowest BCUT2D eigenvalue weighted by molar-refractivity contribution is 0.536. The Balaban J connectivity index is 1.96. The summed E-state index contributed by atoms with van der Waals surface area (Å²) < 4.78 is 21.4. The Morgan fingerprint density at radius 1 is 1.11 bits per heavy atom. The number of fused-ring (bicyclic) bond motifs is 2. The van der Waals surface area contributed by atoms with Crippen molar-refractivity contribution < 1.29 is 8.76 Å². The highest BCUT2D eigenvalue weighted by Crippen LogP contribution is 2.44. The van der Waals surface area contributed by atoms with Crippen LogP contribution >= 0.6 is 11.8 Å². The first-order valence-corrected chi connectivity index (χ1v) is 7.51. The van der Waals surface area contributed by atoms with Crippen molar-refractivity contribution in [1.82, 2.24) is 0 Å². The van der Waals surface area contributed by atoms with E-state index >= 15 is 0 Å². The molecular formula is C13H10NO2S2-. The van der Waals surface area contributed by atoms with Crippen LogP contribution in [0.25, 0.3) is 0 Å². The average molecular weight is 276 g/mol. The molecule has 2 aromatic carbocycles. The highest BCUT2D eigenvalue weighted by atomic mass is 32.2. The predicted octanol–water partition coefficient (Wildman–Crippen LogP) is 3.27. The lowest BCUT2D eigenvalue weighted by Gasteiger charge is -2.21. The first kappa shape index (κ1) is 11.8. The van der Waals surface area contributed by atoms with Gasteiger partial charge in [-0.25, -0.2) is 0 Å². The molecule has 1 aliphatic heterocycles. The van der Waals surface area contributed by atoms with Crippen molar-refractivity contribution in [3.63, 3.8) is 0 Å². The number of benzene rings is 2. The van der Waals surface area contributed by atoms with Gasteiger partial charge >= 0.3 is 0 Å². The standard InChI is InChI=1S/C13H11NO2S2/c15-18(16)8-9-5-6-13-11(7-9)14-10-3-1-2-4-12(10)17-13/h1-7,14H,8H2,(H,15,16)/p-1. The smallest absolute Gasteiger partial charge is 0.0529 e. The molecule has 3 nitrogen and oxygen atoms in total. The molecule has 0 aliphatic carbocycles. The third-order valence-corrected chi connectivity index (χ3v) is 4.43. The fourth-order valence-electron chi connectivity index (χ4n) is 1.91. The van der Waals surface area contributed by atoms with Crippen molar-refractivity contribution in [3.05, 3.63) is 48.0 Å². The van der Waals surface area contributed by atoms with Crippen molar-refractivity contribution in [2.75, 3.05) is 5.32 Å². The summed E-state index contributed by atoms with van der Waals surface area (Å²) in [5, 5.41) is 3.33. The van der Waals surface area contributed by atoms with Crippen molar-refractivity contribution in [2.24, 2.45) is 0 Å². The molecule has 0 bridgehead atoms. The van der Waals surface area contributed by atoms with Crippen molar-refractivity contribution >= 4 is 34.2 Å². The summed E-state index contributed by atoms with van der Waals surface area (Å²) >= 11 is -0.353. The number of nitrogens with one attached hydrogen (secondary N) is 1. The molecule has 2 aromatic rings. The van der Waals surface area contributed by atoms with Crippen molar-refractivity contribution in [3.8, 4) is 0 Å². The monoisotopic (exact) mass is 276 g/mol. The number of hydrogen-bond acceptors (Lipinski definition) is 4. The molecule has 0 saturated heterocycles. The fourth-order valence-corrected chi connectivity index (χ4v) is 3.33. The second-order valence-electron chi connectivity index (χ2n) is 4.00. The second-order valence-corrected chi connectivity index (χ2v) is 5.98. The van der Waals surface area contributed by atoms with E-state index in [4.69, 9.17) is 0 Å². The molecule has 0 amide bonds. The normalized spacial score (nSPS) is 14.3. The minimum Gasteiger partial charge on any atom is -0.772 e. The molecule has 18 heavy (non-hydrogen) atoms. The van der Waals surface area contributed by atoms with Crippen molar-refractivity contribution in [2.45, 2.75) is 15.5 Å². The molecule has 1 N–H and O–H groups in total. The molecule has 5 heteroatoms. The summed E-state index contributed by atoms with van der Waals surface area (Å²) in [6.45, 7) is 0. The van der Waals surface area contributed by atoms with E-state index < -0.39 is 11.1 Å². The van der Waals surface area contributed by atoms with Gasteiger partial charge in [0.05, 0.1) is 11.4 Å². The summed E-state index contributed by atoms with van der Waals surface area (Å²) in [7, 11) is 0. The quantitative estimate of drug-likeness (QED) is 0.730. The van der Waals surface area contributed by atoms with Crippen LogP contribution in [0, 0.1) is 0 Å². The number of hydrogen-bond donors (Lipinski definition) is 1. The minimum absolute atomic E-state index is 0.0568. The molecule has 3 rings (SSSR count). The molecular weight excluding hydrogens is 266 g/mol. The van der Waals surface area contributed by atoms with Crippen LogP contribution in [0.15, 0.2) is 52.3 Å². The lowest BCUT2D eigenvalue weighted by Crippen LogP contribution is -2.01. The zero-order valence-corrected chi connectivity index (χ0v) is 11.0. The Bertz CT molecular complexity index is 628. The van der Waals surface area contributed by atoms with Gasteiger partial charge in [0.15, 0.2) is 0 Å². The first-order valence-electron chi connectivity index (χ1n) is 5.45. The van der Waals surface area contributed by atoms with Crippen LogP contribution < -0.4 is 5.32 Å². The van der Waals surface area contributed by atoms with Crippen LogP contribution in [0.1, 0.15) is 5.56 Å². The largest absolute Gasteiger partial charge is 0.772 e. The zero-order chi connectivity index (χ0) is 12.5. The SMILES string of the molecule is O=S([O-])Cc1ccc2c(c1)Nc1ccccc1S2. The highest BCUT2D eigenvalue weighted by Gasteiger charge is 2.15. The Kier molecular flexibility index (Phi) is 3.11. The first-order chi connectivity index (χ1) is 8.72. The van der Waals surface area contributed by atoms with Crippen LogP contribution in [0.3, 0.4) is 0 Å². The lowest BCUT2D eigenvalue weighted by atomic mass is 10.2. The summed E-state index contributed by atoms with van der Waals surface area (Å²) in [6, 6.07) is 13.8. The zero-order valence-electron chi connectivity index (χ0n) is 9.38. The molecule has 0 radical (unpaired) electrons. The summed E-state index contributed by atoms with van der Waals surface area (Å²) in [5.41, 5.74) is 2.84. The second kappa shape index (κ2) is 4.76. The minimum atomic E-state index is -2.05. The summed E-state index contributed by atoms with van der Waals surface area (Å²) in [5.74, 6) is 0.0568. The topological polar surface area (TPSA) is 52.2 Å². The van der Waals surface area contributed by atoms with Gasteiger partial charge in [-0.05, 0) is 29.8 Å². The van der Waals surface area contributed by atoms with Crippen LogP contribution in [-0.2, 0) is 16.8 Å². The van der Waals surface area contributed by atoms with E-state index in [1.54, 1.807) is 11.8 Å². The average Bonchev–Trinajstić information content (AvgIpc) is 2.35. The Labute approximate surface area is 112 Å². The van der Waals surface area contributed by atoms with Gasteiger partial charge in [-0.3, -0.25) is 4.21 Å². The molecule has 0 fully saturated rings. The summed E-state index contributed by atoms with van der Waals surface area (Å²) in [6.07, 6.45) is 0. The van der Waals surface area contributed by atoms with Crippen molar-refractivity contribution in [1.29, 1.82) is 0 Å². The van der Waals surface area contributed by atoms with Gasteiger partial charge in [0.2, 0.25) is 0 Å². The van der Waals surface area contributed by atoms with E-state index in [1.165, 1.54) is 4.90 Å². The molecule has 1 unspecified atom stereocenters. The maximum absolute atomic E-state index is 10.7. The van der Waals surface area contributed by atoms with Gasteiger partial charge in [-0.1, -0.05) is 41.0 Å². The number of anilines is 2. The van der Waals surface area contributed by atoms with E-state index in [1.807, 2.05) is 36.4 Å². The molecule has 1 aliphatic rings. The maximum atomic E-state index is 10.7. The van der Waals surface area contributed by atoms with E-state index in [9.17, 15) is 8.76 Å². The maximum Gasteiger partial charge on any atom is 0.0529 e. The van der Waals surface area contributed by atoms with E-state index in [-0.39, 0.29) is 5.75 Å². The van der Waals surface area contributed by atoms with Gasteiger partial charge < -0.3 is 9.87 Å². The third kappa shape index (κ3) is 2.29. The number of para-hydroxylation sites is 1. The van der Waals surface area contributed by atoms with Crippen LogP contribution in [0.5, 0.6) is 0 Å². The van der Waals surface area contributed by atoms with Gasteiger partial charge in [0.1, 0.15) is 0 Å². The highest BCUT2D eigenvalue weighted by molar-refractivity contribution is 7.99. The summed E-state index contributed by atoms with van der Waals surface area (Å²) in [4.78, 5) is 2.30. The molecule has 1 atom stereocenters. The Morgan fingerprint density at radius 3 is 2.72 bits per heavy atom. The van der Waals surface area contributed by atoms with Gasteiger partial charge in [-0.15, -0.1) is 0 Å². The molecule has 0 spiro atoms. The molecule has 0 saturated carbocycles. The predicted molar refractivity (Wildman–Crippen MR) is 72.9 cm³/mol. The Hall–Kier alpha value is -1.30. The molecule has 0 aromatic heterocycles. The van der Waals surface area contributed by atoms with Crippen LogP contribution in [0.4, 0.5) is 11.4 Å². The third-order valence-electron chi connectivity index (χ3n) is 2.70. The molecule has 1 heterocycles. The Morgan fingerprint density at radius 2 is 1.89 bits per heavy atom. The van der Waals surface area contributed by atoms with Crippen LogP contribution in [0.2, 0.25) is 0 Å². The van der Waals surface area contributed by atoms with Gasteiger partial charge in [0, 0.05) is 15.5 Å². The van der Waals surface area contributed by atoms with E-state index in [0.29, 0.717) is 0 Å².